The molecule has 1 heterocycles. The summed E-state index contributed by atoms with van der Waals surface area (Å²) in [6, 6.07) is 10.3. The maximum absolute atomic E-state index is 9.22. The van der Waals surface area contributed by atoms with E-state index in [4.69, 9.17) is 4.74 Å². The SMILES string of the molecule is OCC1(CSc2ccccc2)COC1. The van der Waals surface area contributed by atoms with E-state index in [1.165, 1.54) is 4.90 Å². The molecule has 0 aliphatic carbocycles. The Balaban J connectivity index is 1.88. The molecule has 1 aromatic carbocycles. The van der Waals surface area contributed by atoms with Crippen LogP contribution in [-0.2, 0) is 4.74 Å². The first-order chi connectivity index (χ1) is 6.85. The summed E-state index contributed by atoms with van der Waals surface area (Å²) in [7, 11) is 0. The van der Waals surface area contributed by atoms with Crippen LogP contribution in [0.25, 0.3) is 0 Å². The van der Waals surface area contributed by atoms with Gasteiger partial charge in [0.05, 0.1) is 19.8 Å². The zero-order valence-electron chi connectivity index (χ0n) is 7.98. The molecule has 0 spiro atoms. The second-order valence-corrected chi connectivity index (χ2v) is 4.80. The van der Waals surface area contributed by atoms with Crippen molar-refractivity contribution in [3.8, 4) is 0 Å². The van der Waals surface area contributed by atoms with Crippen LogP contribution in [0.1, 0.15) is 0 Å². The molecule has 1 aliphatic rings. The van der Waals surface area contributed by atoms with E-state index in [1.54, 1.807) is 11.8 Å². The lowest BCUT2D eigenvalue weighted by Gasteiger charge is -2.39. The molecule has 0 saturated carbocycles. The molecule has 0 unspecified atom stereocenters. The van der Waals surface area contributed by atoms with Crippen molar-refractivity contribution in [2.45, 2.75) is 4.90 Å². The molecule has 1 aromatic rings. The highest BCUT2D eigenvalue weighted by molar-refractivity contribution is 7.99. The fraction of sp³-hybridized carbons (Fsp3) is 0.455. The predicted molar refractivity (Wildman–Crippen MR) is 57.5 cm³/mol. The van der Waals surface area contributed by atoms with Crippen molar-refractivity contribution in [2.75, 3.05) is 25.6 Å². The summed E-state index contributed by atoms with van der Waals surface area (Å²) in [6.07, 6.45) is 0. The van der Waals surface area contributed by atoms with Crippen molar-refractivity contribution < 1.29 is 9.84 Å². The maximum atomic E-state index is 9.22. The normalized spacial score (nSPS) is 18.9. The van der Waals surface area contributed by atoms with Gasteiger partial charge in [0.1, 0.15) is 0 Å². The molecule has 1 saturated heterocycles. The molecule has 0 amide bonds. The first kappa shape index (κ1) is 10.0. The minimum atomic E-state index is 0.0144. The van der Waals surface area contributed by atoms with Gasteiger partial charge in [0, 0.05) is 16.1 Å². The Morgan fingerprint density at radius 3 is 2.50 bits per heavy atom. The molecule has 76 valence electrons. The number of aliphatic hydroxyl groups excluding tert-OH is 1. The molecule has 1 N–H and O–H groups in total. The van der Waals surface area contributed by atoms with Gasteiger partial charge in [0.15, 0.2) is 0 Å². The van der Waals surface area contributed by atoms with Crippen molar-refractivity contribution in [1.29, 1.82) is 0 Å². The fourth-order valence-corrected chi connectivity index (χ4v) is 2.44. The summed E-state index contributed by atoms with van der Waals surface area (Å²) in [4.78, 5) is 1.26. The van der Waals surface area contributed by atoms with Crippen LogP contribution in [0.4, 0.5) is 0 Å². The van der Waals surface area contributed by atoms with Gasteiger partial charge in [-0.05, 0) is 12.1 Å². The Morgan fingerprint density at radius 1 is 1.29 bits per heavy atom. The summed E-state index contributed by atoms with van der Waals surface area (Å²) in [5.41, 5.74) is 0.0144. The van der Waals surface area contributed by atoms with Crippen LogP contribution in [-0.4, -0.2) is 30.7 Å². The van der Waals surface area contributed by atoms with E-state index < -0.39 is 0 Å². The van der Waals surface area contributed by atoms with Gasteiger partial charge >= 0.3 is 0 Å². The Hall–Kier alpha value is -0.510. The molecular weight excluding hydrogens is 196 g/mol. The minimum Gasteiger partial charge on any atom is -0.396 e. The smallest absolute Gasteiger partial charge is 0.0575 e. The van der Waals surface area contributed by atoms with Gasteiger partial charge in [-0.3, -0.25) is 0 Å². The predicted octanol–water partition coefficient (Wildman–Crippen LogP) is 1.79. The number of benzene rings is 1. The van der Waals surface area contributed by atoms with Crippen LogP contribution in [0.2, 0.25) is 0 Å². The first-order valence-corrected chi connectivity index (χ1v) is 5.70. The Labute approximate surface area is 88.3 Å². The third-order valence-electron chi connectivity index (χ3n) is 2.44. The van der Waals surface area contributed by atoms with E-state index in [2.05, 4.69) is 12.1 Å². The van der Waals surface area contributed by atoms with E-state index in [9.17, 15) is 5.11 Å². The highest BCUT2D eigenvalue weighted by Crippen LogP contribution is 2.33. The van der Waals surface area contributed by atoms with Gasteiger partial charge < -0.3 is 9.84 Å². The molecule has 3 heteroatoms. The van der Waals surface area contributed by atoms with E-state index in [1.807, 2.05) is 18.2 Å². The highest BCUT2D eigenvalue weighted by atomic mass is 32.2. The number of thioether (sulfide) groups is 1. The van der Waals surface area contributed by atoms with Crippen molar-refractivity contribution in [3.63, 3.8) is 0 Å². The van der Waals surface area contributed by atoms with Crippen molar-refractivity contribution in [1.82, 2.24) is 0 Å². The molecule has 2 rings (SSSR count). The summed E-state index contributed by atoms with van der Waals surface area (Å²) >= 11 is 1.79. The van der Waals surface area contributed by atoms with Gasteiger partial charge in [-0.15, -0.1) is 11.8 Å². The summed E-state index contributed by atoms with van der Waals surface area (Å²) in [5, 5.41) is 9.22. The number of ether oxygens (including phenoxy) is 1. The van der Waals surface area contributed by atoms with E-state index in [0.29, 0.717) is 13.2 Å². The zero-order chi connectivity index (χ0) is 9.86. The number of aliphatic hydroxyl groups is 1. The lowest BCUT2D eigenvalue weighted by atomic mass is 9.90. The van der Waals surface area contributed by atoms with Crippen molar-refractivity contribution in [3.05, 3.63) is 30.3 Å². The fourth-order valence-electron chi connectivity index (χ4n) is 1.36. The largest absolute Gasteiger partial charge is 0.396 e. The summed E-state index contributed by atoms with van der Waals surface area (Å²) in [5.74, 6) is 0.938. The molecule has 0 atom stereocenters. The molecule has 1 aliphatic heterocycles. The van der Waals surface area contributed by atoms with Crippen LogP contribution in [0, 0.1) is 5.41 Å². The maximum Gasteiger partial charge on any atom is 0.0575 e. The average Bonchev–Trinajstić information content (AvgIpc) is 2.19. The van der Waals surface area contributed by atoms with Crippen molar-refractivity contribution >= 4 is 11.8 Å². The summed E-state index contributed by atoms with van der Waals surface area (Å²) < 4.78 is 5.14. The minimum absolute atomic E-state index is 0.0144. The van der Waals surface area contributed by atoms with Crippen LogP contribution in [0.15, 0.2) is 35.2 Å². The Bertz CT molecular complexity index is 277. The first-order valence-electron chi connectivity index (χ1n) is 4.71. The van der Waals surface area contributed by atoms with E-state index in [-0.39, 0.29) is 12.0 Å². The molecule has 0 radical (unpaired) electrons. The topological polar surface area (TPSA) is 29.5 Å². The zero-order valence-corrected chi connectivity index (χ0v) is 8.80. The van der Waals surface area contributed by atoms with Crippen molar-refractivity contribution in [2.24, 2.45) is 5.41 Å². The van der Waals surface area contributed by atoms with Gasteiger partial charge in [-0.2, -0.15) is 0 Å². The number of hydrogen-bond acceptors (Lipinski definition) is 3. The lowest BCUT2D eigenvalue weighted by molar-refractivity contribution is -0.121. The van der Waals surface area contributed by atoms with E-state index >= 15 is 0 Å². The third-order valence-corrected chi connectivity index (χ3v) is 3.80. The quantitative estimate of drug-likeness (QED) is 0.768. The third kappa shape index (κ3) is 2.11. The molecular formula is C11H14O2S. The molecule has 14 heavy (non-hydrogen) atoms. The number of rotatable bonds is 4. The summed E-state index contributed by atoms with van der Waals surface area (Å²) in [6.45, 7) is 1.62. The van der Waals surface area contributed by atoms with Crippen LogP contribution >= 0.6 is 11.8 Å². The standard InChI is InChI=1S/C11H14O2S/c12-6-11(7-13-8-11)9-14-10-4-2-1-3-5-10/h1-5,12H,6-9H2. The lowest BCUT2D eigenvalue weighted by Crippen LogP contribution is -2.47. The number of hydrogen-bond donors (Lipinski definition) is 1. The van der Waals surface area contributed by atoms with Gasteiger partial charge in [0.25, 0.3) is 0 Å². The molecule has 0 aromatic heterocycles. The van der Waals surface area contributed by atoms with Gasteiger partial charge in [0.2, 0.25) is 0 Å². The molecule has 1 fully saturated rings. The second-order valence-electron chi connectivity index (χ2n) is 3.75. The molecule has 2 nitrogen and oxygen atoms in total. The molecule has 0 bridgehead atoms. The Morgan fingerprint density at radius 2 is 2.00 bits per heavy atom. The average molecular weight is 210 g/mol. The van der Waals surface area contributed by atoms with Gasteiger partial charge in [-0.25, -0.2) is 0 Å². The monoisotopic (exact) mass is 210 g/mol. The Kier molecular flexibility index (Phi) is 3.11. The van der Waals surface area contributed by atoms with Crippen LogP contribution < -0.4 is 0 Å². The van der Waals surface area contributed by atoms with Gasteiger partial charge in [-0.1, -0.05) is 18.2 Å². The highest BCUT2D eigenvalue weighted by Gasteiger charge is 2.37. The van der Waals surface area contributed by atoms with E-state index in [0.717, 1.165) is 5.75 Å². The van der Waals surface area contributed by atoms with Crippen LogP contribution in [0.3, 0.4) is 0 Å². The second kappa shape index (κ2) is 4.34. The van der Waals surface area contributed by atoms with Crippen LogP contribution in [0.5, 0.6) is 0 Å².